The number of hydrogen-bond donors (Lipinski definition) is 0. The summed E-state index contributed by atoms with van der Waals surface area (Å²) in [5, 5.41) is 0. The summed E-state index contributed by atoms with van der Waals surface area (Å²) in [6, 6.07) is 0. The summed E-state index contributed by atoms with van der Waals surface area (Å²) < 4.78 is 4.47. The van der Waals surface area contributed by atoms with Crippen molar-refractivity contribution < 1.29 is 19.1 Å². The lowest BCUT2D eigenvalue weighted by Crippen LogP contribution is -2.14. The van der Waals surface area contributed by atoms with Crippen molar-refractivity contribution in [3.63, 3.8) is 0 Å². The Morgan fingerprint density at radius 3 is 2.67 bits per heavy atom. The molecule has 0 N–H and O–H groups in total. The fraction of sp³-hybridized carbons (Fsp3) is 0.571. The Morgan fingerprint density at radius 2 is 2.17 bits per heavy atom. The largest absolute Gasteiger partial charge is 0.460 e. The van der Waals surface area contributed by atoms with Crippen molar-refractivity contribution >= 4 is 17.8 Å². The van der Waals surface area contributed by atoms with E-state index in [0.29, 0.717) is 6.42 Å². The molecule has 0 aliphatic rings. The lowest BCUT2D eigenvalue weighted by Gasteiger charge is -1.98. The number of aliphatic imine (C=N–C) groups is 1. The zero-order chi connectivity index (χ0) is 9.40. The van der Waals surface area contributed by atoms with E-state index in [-0.39, 0.29) is 13.2 Å². The van der Waals surface area contributed by atoms with Crippen LogP contribution in [0.2, 0.25) is 0 Å². The molecule has 0 saturated carbocycles. The molecule has 0 amide bonds. The van der Waals surface area contributed by atoms with E-state index in [1.54, 1.807) is 0 Å². The van der Waals surface area contributed by atoms with Crippen LogP contribution in [0, 0.1) is 0 Å². The number of carbonyl (C=O) groups excluding carboxylic acids is 3. The van der Waals surface area contributed by atoms with Gasteiger partial charge in [0.2, 0.25) is 11.9 Å². The van der Waals surface area contributed by atoms with E-state index in [9.17, 15) is 14.4 Å². The summed E-state index contributed by atoms with van der Waals surface area (Å²) in [6.07, 6.45) is 1.77. The van der Waals surface area contributed by atoms with Crippen LogP contribution < -0.4 is 0 Å². The predicted molar refractivity (Wildman–Crippen MR) is 39.2 cm³/mol. The van der Waals surface area contributed by atoms with E-state index in [4.69, 9.17) is 0 Å². The molecule has 12 heavy (non-hydrogen) atoms. The standard InChI is InChI=1S/C7H9NO4/c1-6(10)7(11)12-4-2-3-8-5-9/h2-4H2,1H3. The van der Waals surface area contributed by atoms with Gasteiger partial charge in [0.15, 0.2) is 0 Å². The van der Waals surface area contributed by atoms with E-state index in [0.717, 1.165) is 6.92 Å². The maximum atomic E-state index is 10.5. The molecule has 0 heterocycles. The number of esters is 1. The molecule has 0 fully saturated rings. The third-order valence-corrected chi connectivity index (χ3v) is 0.999. The Kier molecular flexibility index (Phi) is 5.47. The number of carbonyl (C=O) groups is 2. The SMILES string of the molecule is CC(=O)C(=O)OCCCN=C=O. The molecule has 0 rings (SSSR count). The normalized spacial score (nSPS) is 8.42. The van der Waals surface area contributed by atoms with E-state index in [1.807, 2.05) is 0 Å². The molecule has 66 valence electrons. The average molecular weight is 171 g/mol. The second-order valence-corrected chi connectivity index (χ2v) is 2.02. The van der Waals surface area contributed by atoms with E-state index in [1.165, 1.54) is 6.08 Å². The summed E-state index contributed by atoms with van der Waals surface area (Å²) in [6.45, 7) is 1.49. The highest BCUT2D eigenvalue weighted by Crippen LogP contribution is 1.85. The van der Waals surface area contributed by atoms with Gasteiger partial charge in [0.05, 0.1) is 13.2 Å². The van der Waals surface area contributed by atoms with Crippen LogP contribution in [-0.4, -0.2) is 31.0 Å². The molecular formula is C7H9NO4. The van der Waals surface area contributed by atoms with Gasteiger partial charge in [0.25, 0.3) is 0 Å². The van der Waals surface area contributed by atoms with Crippen molar-refractivity contribution in [2.45, 2.75) is 13.3 Å². The summed E-state index contributed by atoms with van der Waals surface area (Å²) >= 11 is 0. The minimum atomic E-state index is -0.856. The molecule has 5 heteroatoms. The monoisotopic (exact) mass is 171 g/mol. The fourth-order valence-electron chi connectivity index (χ4n) is 0.456. The van der Waals surface area contributed by atoms with Crippen LogP contribution in [0.15, 0.2) is 4.99 Å². The lowest BCUT2D eigenvalue weighted by atomic mass is 10.4. The molecule has 0 saturated heterocycles. The summed E-state index contributed by atoms with van der Waals surface area (Å²) in [7, 11) is 0. The minimum Gasteiger partial charge on any atom is -0.460 e. The average Bonchev–Trinajstić information content (AvgIpc) is 2.03. The van der Waals surface area contributed by atoms with Crippen LogP contribution in [0.25, 0.3) is 0 Å². The highest BCUT2D eigenvalue weighted by atomic mass is 16.5. The van der Waals surface area contributed by atoms with Gasteiger partial charge >= 0.3 is 5.97 Å². The van der Waals surface area contributed by atoms with Crippen LogP contribution in [-0.2, 0) is 19.1 Å². The van der Waals surface area contributed by atoms with Gasteiger partial charge in [0.1, 0.15) is 0 Å². The molecule has 0 spiro atoms. The zero-order valence-corrected chi connectivity index (χ0v) is 6.70. The number of rotatable bonds is 5. The Hall–Kier alpha value is -1.48. The van der Waals surface area contributed by atoms with Crippen molar-refractivity contribution in [2.24, 2.45) is 4.99 Å². The number of nitrogens with zero attached hydrogens (tertiary/aromatic N) is 1. The fourth-order valence-corrected chi connectivity index (χ4v) is 0.456. The predicted octanol–water partition coefficient (Wildman–Crippen LogP) is -0.155. The minimum absolute atomic E-state index is 0.101. The van der Waals surface area contributed by atoms with Crippen molar-refractivity contribution in [2.75, 3.05) is 13.2 Å². The van der Waals surface area contributed by atoms with Crippen molar-refractivity contribution in [1.82, 2.24) is 0 Å². The molecule has 0 aromatic carbocycles. The zero-order valence-electron chi connectivity index (χ0n) is 6.70. The third kappa shape index (κ3) is 5.32. The molecule has 0 bridgehead atoms. The van der Waals surface area contributed by atoms with E-state index < -0.39 is 11.8 Å². The lowest BCUT2D eigenvalue weighted by molar-refractivity contribution is -0.152. The second-order valence-electron chi connectivity index (χ2n) is 2.02. The smallest absolute Gasteiger partial charge is 0.374 e. The third-order valence-electron chi connectivity index (χ3n) is 0.999. The first kappa shape index (κ1) is 10.5. The Labute approximate surface area is 69.4 Å². The maximum Gasteiger partial charge on any atom is 0.374 e. The van der Waals surface area contributed by atoms with Crippen LogP contribution in [0.1, 0.15) is 13.3 Å². The number of ketones is 1. The number of hydrogen-bond acceptors (Lipinski definition) is 5. The number of isocyanates is 1. The topological polar surface area (TPSA) is 72.8 Å². The Morgan fingerprint density at radius 1 is 1.50 bits per heavy atom. The highest BCUT2D eigenvalue weighted by Gasteiger charge is 2.07. The molecule has 0 atom stereocenters. The van der Waals surface area contributed by atoms with Gasteiger partial charge in [0, 0.05) is 13.3 Å². The van der Waals surface area contributed by atoms with Crippen LogP contribution in [0.3, 0.4) is 0 Å². The van der Waals surface area contributed by atoms with Crippen LogP contribution in [0.4, 0.5) is 0 Å². The molecule has 0 aliphatic heterocycles. The van der Waals surface area contributed by atoms with Gasteiger partial charge in [-0.2, -0.15) is 0 Å². The molecule has 0 unspecified atom stereocenters. The van der Waals surface area contributed by atoms with Crippen LogP contribution in [0.5, 0.6) is 0 Å². The van der Waals surface area contributed by atoms with Gasteiger partial charge < -0.3 is 4.74 Å². The maximum absolute atomic E-state index is 10.5. The first-order chi connectivity index (χ1) is 5.68. The summed E-state index contributed by atoms with van der Waals surface area (Å²) in [5.74, 6) is -1.49. The highest BCUT2D eigenvalue weighted by molar-refractivity contribution is 6.32. The van der Waals surface area contributed by atoms with Gasteiger partial charge in [-0.05, 0) is 0 Å². The second kappa shape index (κ2) is 6.24. The van der Waals surface area contributed by atoms with E-state index in [2.05, 4.69) is 9.73 Å². The quantitative estimate of drug-likeness (QED) is 0.189. The summed E-state index contributed by atoms with van der Waals surface area (Å²) in [4.78, 5) is 33.6. The van der Waals surface area contributed by atoms with Gasteiger partial charge in [-0.25, -0.2) is 14.6 Å². The van der Waals surface area contributed by atoms with Crippen molar-refractivity contribution in [3.05, 3.63) is 0 Å². The molecule has 0 aromatic heterocycles. The molecule has 0 aliphatic carbocycles. The van der Waals surface area contributed by atoms with E-state index >= 15 is 0 Å². The molecular weight excluding hydrogens is 162 g/mol. The first-order valence-corrected chi connectivity index (χ1v) is 3.40. The van der Waals surface area contributed by atoms with Gasteiger partial charge in [-0.15, -0.1) is 0 Å². The van der Waals surface area contributed by atoms with Gasteiger partial charge in [-0.3, -0.25) is 4.79 Å². The number of ether oxygens (including phenoxy) is 1. The first-order valence-electron chi connectivity index (χ1n) is 3.40. The Bertz CT molecular complexity index is 217. The van der Waals surface area contributed by atoms with Gasteiger partial charge in [-0.1, -0.05) is 0 Å². The number of Topliss-reactive ketones (excluding diaryl/α,β-unsaturated/α-hetero) is 1. The van der Waals surface area contributed by atoms with Crippen molar-refractivity contribution in [1.29, 1.82) is 0 Å². The molecule has 5 nitrogen and oxygen atoms in total. The molecule has 0 radical (unpaired) electrons. The van der Waals surface area contributed by atoms with Crippen LogP contribution >= 0.6 is 0 Å². The van der Waals surface area contributed by atoms with Crippen molar-refractivity contribution in [3.8, 4) is 0 Å². The Balaban J connectivity index is 3.37. The summed E-state index contributed by atoms with van der Waals surface area (Å²) in [5.41, 5.74) is 0. The molecule has 0 aromatic rings.